The van der Waals surface area contributed by atoms with E-state index in [2.05, 4.69) is 16.0 Å². The van der Waals surface area contributed by atoms with Gasteiger partial charge in [0.15, 0.2) is 0 Å². The number of benzene rings is 1. The second kappa shape index (κ2) is 4.97. The summed E-state index contributed by atoms with van der Waals surface area (Å²) in [6, 6.07) is 9.82. The summed E-state index contributed by atoms with van der Waals surface area (Å²) in [6.07, 6.45) is 0.866. The van der Waals surface area contributed by atoms with Crippen LogP contribution in [0.15, 0.2) is 30.3 Å². The molecule has 0 saturated heterocycles. The van der Waals surface area contributed by atoms with Gasteiger partial charge in [-0.3, -0.25) is 0 Å². The molecule has 1 aromatic heterocycles. The number of nitrogens with zero attached hydrogens (tertiary/aromatic N) is 2. The standard InChI is InChI=1S/C15H16N2O2/c1-10-8-11(9-18)17-15(16-10)13-6-7-19-14-5-3-2-4-12(13)14/h2-5,8,13,18H,6-7,9H2,1H3. The molecule has 1 aliphatic heterocycles. The highest BCUT2D eigenvalue weighted by atomic mass is 16.5. The molecule has 0 radical (unpaired) electrons. The Labute approximate surface area is 112 Å². The molecule has 1 atom stereocenters. The van der Waals surface area contributed by atoms with Gasteiger partial charge in [0.2, 0.25) is 0 Å². The lowest BCUT2D eigenvalue weighted by atomic mass is 9.92. The number of hydrogen-bond acceptors (Lipinski definition) is 4. The van der Waals surface area contributed by atoms with Gasteiger partial charge in [0.1, 0.15) is 11.6 Å². The van der Waals surface area contributed by atoms with Gasteiger partial charge in [-0.25, -0.2) is 9.97 Å². The molecule has 19 heavy (non-hydrogen) atoms. The summed E-state index contributed by atoms with van der Waals surface area (Å²) in [5.41, 5.74) is 2.69. The second-order valence-corrected chi connectivity index (χ2v) is 4.74. The molecule has 2 heterocycles. The minimum absolute atomic E-state index is 0.0543. The maximum absolute atomic E-state index is 9.27. The van der Waals surface area contributed by atoms with Gasteiger partial charge >= 0.3 is 0 Å². The van der Waals surface area contributed by atoms with Crippen molar-refractivity contribution in [2.45, 2.75) is 25.9 Å². The van der Waals surface area contributed by atoms with Crippen molar-refractivity contribution in [1.29, 1.82) is 0 Å². The molecule has 0 saturated carbocycles. The number of aromatic nitrogens is 2. The Morgan fingerprint density at radius 3 is 3.00 bits per heavy atom. The number of aliphatic hydroxyl groups excluding tert-OH is 1. The molecule has 3 rings (SSSR count). The largest absolute Gasteiger partial charge is 0.493 e. The van der Waals surface area contributed by atoms with E-state index in [0.717, 1.165) is 29.3 Å². The molecular weight excluding hydrogens is 240 g/mol. The van der Waals surface area contributed by atoms with Gasteiger partial charge in [-0.2, -0.15) is 0 Å². The molecule has 1 N–H and O–H groups in total. The third-order valence-electron chi connectivity index (χ3n) is 3.36. The van der Waals surface area contributed by atoms with E-state index >= 15 is 0 Å². The summed E-state index contributed by atoms with van der Waals surface area (Å²) in [7, 11) is 0. The molecule has 0 bridgehead atoms. The van der Waals surface area contributed by atoms with Gasteiger partial charge in [0.05, 0.1) is 24.8 Å². The van der Waals surface area contributed by atoms with Crippen LogP contribution in [0.1, 0.15) is 35.1 Å². The third-order valence-corrected chi connectivity index (χ3v) is 3.36. The number of fused-ring (bicyclic) bond motifs is 1. The maximum Gasteiger partial charge on any atom is 0.136 e. The molecule has 0 fully saturated rings. The molecule has 1 aliphatic rings. The van der Waals surface area contributed by atoms with Gasteiger partial charge < -0.3 is 9.84 Å². The van der Waals surface area contributed by atoms with E-state index in [4.69, 9.17) is 4.74 Å². The van der Waals surface area contributed by atoms with Crippen molar-refractivity contribution in [3.63, 3.8) is 0 Å². The van der Waals surface area contributed by atoms with Gasteiger partial charge in [0, 0.05) is 11.3 Å². The summed E-state index contributed by atoms with van der Waals surface area (Å²) in [4.78, 5) is 8.98. The lowest BCUT2D eigenvalue weighted by molar-refractivity contribution is 0.269. The zero-order valence-electron chi connectivity index (χ0n) is 10.8. The highest BCUT2D eigenvalue weighted by Crippen LogP contribution is 2.36. The number of para-hydroxylation sites is 1. The smallest absolute Gasteiger partial charge is 0.136 e. The lowest BCUT2D eigenvalue weighted by Crippen LogP contribution is -2.18. The lowest BCUT2D eigenvalue weighted by Gasteiger charge is -2.25. The third kappa shape index (κ3) is 2.31. The van der Waals surface area contributed by atoms with Gasteiger partial charge in [-0.1, -0.05) is 18.2 Å². The Morgan fingerprint density at radius 1 is 1.32 bits per heavy atom. The molecule has 0 aliphatic carbocycles. The molecule has 2 aromatic rings. The van der Waals surface area contributed by atoms with E-state index in [1.54, 1.807) is 0 Å². The first-order chi connectivity index (χ1) is 9.28. The summed E-state index contributed by atoms with van der Waals surface area (Å²) in [5, 5.41) is 9.27. The van der Waals surface area contributed by atoms with Crippen molar-refractivity contribution in [1.82, 2.24) is 9.97 Å². The van der Waals surface area contributed by atoms with Crippen LogP contribution in [0.5, 0.6) is 5.75 Å². The van der Waals surface area contributed by atoms with E-state index in [0.29, 0.717) is 12.3 Å². The predicted molar refractivity (Wildman–Crippen MR) is 71.1 cm³/mol. The number of ether oxygens (including phenoxy) is 1. The van der Waals surface area contributed by atoms with Crippen molar-refractivity contribution < 1.29 is 9.84 Å². The summed E-state index contributed by atoms with van der Waals surface area (Å²) in [5.74, 6) is 1.84. The van der Waals surface area contributed by atoms with Crippen LogP contribution in [0.25, 0.3) is 0 Å². The maximum atomic E-state index is 9.27. The zero-order valence-corrected chi connectivity index (χ0v) is 10.8. The molecule has 4 heteroatoms. The quantitative estimate of drug-likeness (QED) is 0.895. The number of aryl methyl sites for hydroxylation is 1. The second-order valence-electron chi connectivity index (χ2n) is 4.74. The van der Waals surface area contributed by atoms with E-state index < -0.39 is 0 Å². The Kier molecular flexibility index (Phi) is 3.17. The Hall–Kier alpha value is -1.94. The number of rotatable bonds is 2. The van der Waals surface area contributed by atoms with Crippen molar-refractivity contribution >= 4 is 0 Å². The van der Waals surface area contributed by atoms with Crippen molar-refractivity contribution in [2.24, 2.45) is 0 Å². The topological polar surface area (TPSA) is 55.2 Å². The van der Waals surface area contributed by atoms with Crippen LogP contribution in [0.4, 0.5) is 0 Å². The molecule has 0 spiro atoms. The van der Waals surface area contributed by atoms with Crippen LogP contribution >= 0.6 is 0 Å². The zero-order chi connectivity index (χ0) is 13.2. The van der Waals surface area contributed by atoms with Crippen LogP contribution in [0.3, 0.4) is 0 Å². The fourth-order valence-electron chi connectivity index (χ4n) is 2.51. The average Bonchev–Trinajstić information content (AvgIpc) is 2.46. The van der Waals surface area contributed by atoms with Crippen LogP contribution in [0.2, 0.25) is 0 Å². The predicted octanol–water partition coefficient (Wildman–Crippen LogP) is 2.19. The minimum Gasteiger partial charge on any atom is -0.493 e. The first-order valence-electron chi connectivity index (χ1n) is 6.45. The van der Waals surface area contributed by atoms with Crippen LogP contribution < -0.4 is 4.74 Å². The van der Waals surface area contributed by atoms with Gasteiger partial charge in [-0.05, 0) is 25.5 Å². The van der Waals surface area contributed by atoms with Crippen LogP contribution in [0, 0.1) is 6.92 Å². The molecule has 0 amide bonds. The highest BCUT2D eigenvalue weighted by Gasteiger charge is 2.25. The number of aliphatic hydroxyl groups is 1. The van der Waals surface area contributed by atoms with E-state index in [1.165, 1.54) is 0 Å². The Morgan fingerprint density at radius 2 is 2.16 bits per heavy atom. The molecule has 4 nitrogen and oxygen atoms in total. The van der Waals surface area contributed by atoms with Crippen LogP contribution in [-0.2, 0) is 6.61 Å². The first-order valence-corrected chi connectivity index (χ1v) is 6.45. The first kappa shape index (κ1) is 12.1. The van der Waals surface area contributed by atoms with Crippen molar-refractivity contribution in [2.75, 3.05) is 6.61 Å². The van der Waals surface area contributed by atoms with E-state index in [-0.39, 0.29) is 12.5 Å². The Balaban J connectivity index is 2.06. The molecule has 1 unspecified atom stereocenters. The van der Waals surface area contributed by atoms with E-state index in [9.17, 15) is 5.11 Å². The Bertz CT molecular complexity index is 598. The fraction of sp³-hybridized carbons (Fsp3) is 0.333. The normalized spacial score (nSPS) is 17.7. The number of hydrogen-bond donors (Lipinski definition) is 1. The van der Waals surface area contributed by atoms with Gasteiger partial charge in [0.25, 0.3) is 0 Å². The van der Waals surface area contributed by atoms with Crippen molar-refractivity contribution in [3.8, 4) is 5.75 Å². The monoisotopic (exact) mass is 256 g/mol. The summed E-state index contributed by atoms with van der Waals surface area (Å²) in [6.45, 7) is 2.55. The SMILES string of the molecule is Cc1cc(CO)nc(C2CCOc3ccccc32)n1. The minimum atomic E-state index is -0.0543. The highest BCUT2D eigenvalue weighted by molar-refractivity contribution is 5.41. The fourth-order valence-corrected chi connectivity index (χ4v) is 2.51. The van der Waals surface area contributed by atoms with E-state index in [1.807, 2.05) is 31.2 Å². The average molecular weight is 256 g/mol. The van der Waals surface area contributed by atoms with Crippen LogP contribution in [-0.4, -0.2) is 21.7 Å². The van der Waals surface area contributed by atoms with Crippen molar-refractivity contribution in [3.05, 3.63) is 53.1 Å². The van der Waals surface area contributed by atoms with Gasteiger partial charge in [-0.15, -0.1) is 0 Å². The molecule has 98 valence electrons. The molecule has 1 aromatic carbocycles. The summed E-state index contributed by atoms with van der Waals surface area (Å²) < 4.78 is 5.66. The summed E-state index contributed by atoms with van der Waals surface area (Å²) >= 11 is 0. The molecular formula is C15H16N2O2.